The van der Waals surface area contributed by atoms with Gasteiger partial charge in [0.05, 0.1) is 10.7 Å². The molecular formula is C12H7ClF3NO2S. The standard InChI is InChI=1S/C12H7ClF3NO2S/c13-8-2-1-3-10(12(8)16)17-20(18,19)11-6-7(14)4-5-9(11)15/h1-6,17H. The van der Waals surface area contributed by atoms with E-state index in [-0.39, 0.29) is 5.02 Å². The van der Waals surface area contributed by atoms with Crippen LogP contribution in [0.3, 0.4) is 0 Å². The number of anilines is 1. The molecule has 0 aliphatic carbocycles. The maximum Gasteiger partial charge on any atom is 0.265 e. The highest BCUT2D eigenvalue weighted by molar-refractivity contribution is 7.92. The average molecular weight is 322 g/mol. The zero-order valence-electron chi connectivity index (χ0n) is 9.70. The minimum atomic E-state index is -4.47. The molecule has 0 aliphatic heterocycles. The molecule has 20 heavy (non-hydrogen) atoms. The number of rotatable bonds is 3. The molecule has 0 amide bonds. The Morgan fingerprint density at radius 1 is 1.05 bits per heavy atom. The summed E-state index contributed by atoms with van der Waals surface area (Å²) in [6.45, 7) is 0. The Bertz CT molecular complexity index is 765. The first-order valence-corrected chi connectivity index (χ1v) is 7.09. The van der Waals surface area contributed by atoms with E-state index < -0.39 is 38.1 Å². The van der Waals surface area contributed by atoms with Crippen LogP contribution >= 0.6 is 11.6 Å². The largest absolute Gasteiger partial charge is 0.277 e. The molecule has 0 aromatic heterocycles. The van der Waals surface area contributed by atoms with E-state index in [0.717, 1.165) is 12.1 Å². The first kappa shape index (κ1) is 14.7. The van der Waals surface area contributed by atoms with Gasteiger partial charge < -0.3 is 0 Å². The summed E-state index contributed by atoms with van der Waals surface area (Å²) in [5.74, 6) is -3.09. The summed E-state index contributed by atoms with van der Waals surface area (Å²) < 4.78 is 65.7. The molecule has 0 spiro atoms. The van der Waals surface area contributed by atoms with Crippen LogP contribution in [-0.2, 0) is 10.0 Å². The third-order valence-electron chi connectivity index (χ3n) is 2.38. The lowest BCUT2D eigenvalue weighted by Gasteiger charge is -2.10. The van der Waals surface area contributed by atoms with Crippen LogP contribution in [0.5, 0.6) is 0 Å². The van der Waals surface area contributed by atoms with Crippen molar-refractivity contribution in [3.8, 4) is 0 Å². The van der Waals surface area contributed by atoms with Gasteiger partial charge in [0.15, 0.2) is 5.82 Å². The fourth-order valence-electron chi connectivity index (χ4n) is 1.47. The van der Waals surface area contributed by atoms with Crippen LogP contribution in [0.2, 0.25) is 5.02 Å². The number of hydrogen-bond acceptors (Lipinski definition) is 2. The second kappa shape index (κ2) is 5.34. The Kier molecular flexibility index (Phi) is 3.92. The Morgan fingerprint density at radius 2 is 1.75 bits per heavy atom. The van der Waals surface area contributed by atoms with Gasteiger partial charge in [-0.15, -0.1) is 0 Å². The van der Waals surface area contributed by atoms with E-state index in [1.54, 1.807) is 0 Å². The van der Waals surface area contributed by atoms with Crippen LogP contribution in [0.25, 0.3) is 0 Å². The van der Waals surface area contributed by atoms with Crippen LogP contribution < -0.4 is 4.72 Å². The van der Waals surface area contributed by atoms with Crippen LogP contribution in [0.15, 0.2) is 41.3 Å². The van der Waals surface area contributed by atoms with Crippen molar-refractivity contribution in [2.24, 2.45) is 0 Å². The van der Waals surface area contributed by atoms with Gasteiger partial charge in [-0.05, 0) is 30.3 Å². The van der Waals surface area contributed by atoms with Crippen molar-refractivity contribution < 1.29 is 21.6 Å². The number of benzene rings is 2. The minimum absolute atomic E-state index is 0.301. The molecule has 3 nitrogen and oxygen atoms in total. The Morgan fingerprint density at radius 3 is 2.45 bits per heavy atom. The molecule has 0 radical (unpaired) electrons. The number of hydrogen-bond donors (Lipinski definition) is 1. The number of sulfonamides is 1. The quantitative estimate of drug-likeness (QED) is 0.939. The highest BCUT2D eigenvalue weighted by Crippen LogP contribution is 2.25. The topological polar surface area (TPSA) is 46.2 Å². The van der Waals surface area contributed by atoms with Gasteiger partial charge >= 0.3 is 0 Å². The lowest BCUT2D eigenvalue weighted by molar-refractivity contribution is 0.555. The molecule has 0 atom stereocenters. The van der Waals surface area contributed by atoms with Crippen LogP contribution in [0, 0.1) is 17.5 Å². The fourth-order valence-corrected chi connectivity index (χ4v) is 2.79. The normalized spacial score (nSPS) is 11.4. The molecule has 0 saturated heterocycles. The van der Waals surface area contributed by atoms with Gasteiger partial charge in [-0.2, -0.15) is 0 Å². The molecular weight excluding hydrogens is 315 g/mol. The molecule has 1 N–H and O–H groups in total. The van der Waals surface area contributed by atoms with Gasteiger partial charge in [0.2, 0.25) is 0 Å². The SMILES string of the molecule is O=S(=O)(Nc1cccc(Cl)c1F)c1cc(F)ccc1F. The first-order valence-electron chi connectivity index (χ1n) is 5.23. The fraction of sp³-hybridized carbons (Fsp3) is 0. The molecule has 0 aliphatic rings. The molecule has 0 heterocycles. The van der Waals surface area contributed by atoms with Crippen molar-refractivity contribution in [2.75, 3.05) is 4.72 Å². The third-order valence-corrected chi connectivity index (χ3v) is 4.05. The molecule has 2 aromatic rings. The van der Waals surface area contributed by atoms with E-state index in [1.165, 1.54) is 12.1 Å². The van der Waals surface area contributed by atoms with E-state index in [2.05, 4.69) is 0 Å². The highest BCUT2D eigenvalue weighted by Gasteiger charge is 2.21. The van der Waals surface area contributed by atoms with Crippen molar-refractivity contribution >= 4 is 27.3 Å². The Balaban J connectivity index is 2.46. The van der Waals surface area contributed by atoms with Gasteiger partial charge in [-0.1, -0.05) is 17.7 Å². The monoisotopic (exact) mass is 321 g/mol. The molecule has 2 rings (SSSR count). The molecule has 0 bridgehead atoms. The second-order valence-corrected chi connectivity index (χ2v) is 5.84. The molecule has 0 fully saturated rings. The van der Waals surface area contributed by atoms with Gasteiger partial charge in [0, 0.05) is 0 Å². The molecule has 0 saturated carbocycles. The lowest BCUT2D eigenvalue weighted by Crippen LogP contribution is -2.15. The average Bonchev–Trinajstić information content (AvgIpc) is 2.37. The van der Waals surface area contributed by atoms with Gasteiger partial charge in [-0.25, -0.2) is 21.6 Å². The van der Waals surface area contributed by atoms with E-state index in [9.17, 15) is 21.6 Å². The number of nitrogens with one attached hydrogen (secondary N) is 1. The molecule has 2 aromatic carbocycles. The zero-order valence-corrected chi connectivity index (χ0v) is 11.3. The molecule has 106 valence electrons. The summed E-state index contributed by atoms with van der Waals surface area (Å²) in [6, 6.07) is 5.57. The van der Waals surface area contributed by atoms with Crippen LogP contribution in [-0.4, -0.2) is 8.42 Å². The summed E-state index contributed by atoms with van der Waals surface area (Å²) in [6.07, 6.45) is 0. The van der Waals surface area contributed by atoms with Crippen molar-refractivity contribution in [3.05, 3.63) is 58.9 Å². The first-order chi connectivity index (χ1) is 9.31. The predicted molar refractivity (Wildman–Crippen MR) is 68.6 cm³/mol. The van der Waals surface area contributed by atoms with E-state index in [4.69, 9.17) is 11.6 Å². The summed E-state index contributed by atoms with van der Waals surface area (Å²) in [5, 5.41) is -0.301. The lowest BCUT2D eigenvalue weighted by atomic mass is 10.3. The van der Waals surface area contributed by atoms with Gasteiger partial charge in [0.25, 0.3) is 10.0 Å². The van der Waals surface area contributed by atoms with Gasteiger partial charge in [0.1, 0.15) is 16.5 Å². The third kappa shape index (κ3) is 2.88. The van der Waals surface area contributed by atoms with E-state index in [0.29, 0.717) is 12.1 Å². The van der Waals surface area contributed by atoms with Crippen molar-refractivity contribution in [3.63, 3.8) is 0 Å². The van der Waals surface area contributed by atoms with E-state index in [1.807, 2.05) is 4.72 Å². The summed E-state index contributed by atoms with van der Waals surface area (Å²) in [4.78, 5) is -0.920. The maximum absolute atomic E-state index is 13.6. The number of halogens is 4. The highest BCUT2D eigenvalue weighted by atomic mass is 35.5. The minimum Gasteiger partial charge on any atom is -0.277 e. The van der Waals surface area contributed by atoms with Crippen LogP contribution in [0.1, 0.15) is 0 Å². The summed E-state index contributed by atoms with van der Waals surface area (Å²) >= 11 is 5.50. The van der Waals surface area contributed by atoms with Crippen molar-refractivity contribution in [1.82, 2.24) is 0 Å². The molecule has 0 unspecified atom stereocenters. The maximum atomic E-state index is 13.6. The van der Waals surface area contributed by atoms with Crippen molar-refractivity contribution in [1.29, 1.82) is 0 Å². The summed E-state index contributed by atoms with van der Waals surface area (Å²) in [5.41, 5.74) is -0.457. The smallest absolute Gasteiger partial charge is 0.265 e. The van der Waals surface area contributed by atoms with Gasteiger partial charge in [-0.3, -0.25) is 4.72 Å². The Labute approximate surface area is 118 Å². The second-order valence-electron chi connectivity index (χ2n) is 3.78. The van der Waals surface area contributed by atoms with Crippen molar-refractivity contribution in [2.45, 2.75) is 4.90 Å². The van der Waals surface area contributed by atoms with E-state index >= 15 is 0 Å². The molecule has 8 heteroatoms. The zero-order chi connectivity index (χ0) is 14.9. The van der Waals surface area contributed by atoms with Crippen LogP contribution in [0.4, 0.5) is 18.9 Å². The Hall–Kier alpha value is -1.73. The summed E-state index contributed by atoms with van der Waals surface area (Å²) in [7, 11) is -4.47. The predicted octanol–water partition coefficient (Wildman–Crippen LogP) is 3.56.